The molecule has 0 radical (unpaired) electrons. The molecule has 7 heteroatoms. The Labute approximate surface area is 174 Å². The molecule has 0 bridgehead atoms. The van der Waals surface area contributed by atoms with E-state index in [4.69, 9.17) is 33.9 Å². The summed E-state index contributed by atoms with van der Waals surface area (Å²) in [4.78, 5) is 12.7. The molecule has 1 atom stereocenters. The highest BCUT2D eigenvalue weighted by atomic mass is 35.5. The molecule has 4 nitrogen and oxygen atoms in total. The average Bonchev–Trinajstić information content (AvgIpc) is 3.01. The highest BCUT2D eigenvalue weighted by molar-refractivity contribution is 7.99. The van der Waals surface area contributed by atoms with Crippen molar-refractivity contribution in [2.75, 3.05) is 18.0 Å². The van der Waals surface area contributed by atoms with Gasteiger partial charge >= 0.3 is 0 Å². The highest BCUT2D eigenvalue weighted by Crippen LogP contribution is 2.46. The fourth-order valence-corrected chi connectivity index (χ4v) is 5.67. The van der Waals surface area contributed by atoms with Crippen molar-refractivity contribution in [3.63, 3.8) is 0 Å². The van der Waals surface area contributed by atoms with Crippen molar-refractivity contribution < 1.29 is 0 Å². The van der Waals surface area contributed by atoms with E-state index in [1.54, 1.807) is 6.07 Å². The van der Waals surface area contributed by atoms with Crippen molar-refractivity contribution >= 4 is 40.8 Å². The van der Waals surface area contributed by atoms with Gasteiger partial charge in [0.1, 0.15) is 10.8 Å². The Morgan fingerprint density at radius 2 is 2.00 bits per heavy atom. The summed E-state index contributed by atoms with van der Waals surface area (Å²) >= 11 is 13.9. The fraction of sp³-hybridized carbons (Fsp3) is 0.500. The Balaban J connectivity index is 1.47. The van der Waals surface area contributed by atoms with Crippen molar-refractivity contribution in [2.45, 2.75) is 55.0 Å². The number of nitrogens with zero attached hydrogens (tertiary/aromatic N) is 3. The van der Waals surface area contributed by atoms with Crippen molar-refractivity contribution in [1.29, 1.82) is 0 Å². The molecule has 0 amide bonds. The number of rotatable bonds is 3. The molecule has 1 aliphatic carbocycles. The molecule has 2 fully saturated rings. The Hall–Kier alpha value is -1.01. The van der Waals surface area contributed by atoms with Gasteiger partial charge in [0.15, 0.2) is 0 Å². The van der Waals surface area contributed by atoms with E-state index in [9.17, 15) is 0 Å². The maximum atomic E-state index is 6.40. The lowest BCUT2D eigenvalue weighted by atomic mass is 9.74. The zero-order valence-corrected chi connectivity index (χ0v) is 17.7. The standard InChI is InChI=1S/C20H24Cl2N4S/c1-13-19(27-15-5-2-4-14(21)18(15)22)24-12-17(25-13)26-10-8-20(9-11-26)7-3-6-16(20)23/h2,4-5,12,16H,3,6-11,23H2,1H3/t16-/m1/s1. The third-order valence-electron chi connectivity index (χ3n) is 6.07. The van der Waals surface area contributed by atoms with Crippen molar-refractivity contribution in [3.05, 3.63) is 40.1 Å². The van der Waals surface area contributed by atoms with Crippen LogP contribution in [0.15, 0.2) is 34.3 Å². The number of hydrogen-bond acceptors (Lipinski definition) is 5. The summed E-state index contributed by atoms with van der Waals surface area (Å²) in [5.41, 5.74) is 7.67. The van der Waals surface area contributed by atoms with Crippen LogP contribution in [-0.2, 0) is 0 Å². The molecule has 1 aliphatic heterocycles. The smallest absolute Gasteiger partial charge is 0.147 e. The van der Waals surface area contributed by atoms with E-state index in [1.165, 1.54) is 31.0 Å². The lowest BCUT2D eigenvalue weighted by molar-refractivity contribution is 0.197. The van der Waals surface area contributed by atoms with Crippen LogP contribution < -0.4 is 10.6 Å². The maximum absolute atomic E-state index is 6.40. The van der Waals surface area contributed by atoms with E-state index in [-0.39, 0.29) is 0 Å². The van der Waals surface area contributed by atoms with Crippen molar-refractivity contribution in [1.82, 2.24) is 9.97 Å². The second-order valence-corrected chi connectivity index (χ2v) is 9.44. The number of hydrogen-bond donors (Lipinski definition) is 1. The first-order chi connectivity index (χ1) is 13.0. The second kappa shape index (κ2) is 7.78. The Morgan fingerprint density at radius 3 is 2.67 bits per heavy atom. The van der Waals surface area contributed by atoms with Gasteiger partial charge in [-0.15, -0.1) is 0 Å². The molecule has 2 aromatic rings. The van der Waals surface area contributed by atoms with E-state index >= 15 is 0 Å². The van der Waals surface area contributed by atoms with Crippen LogP contribution in [0.2, 0.25) is 10.0 Å². The van der Waals surface area contributed by atoms with E-state index in [0.717, 1.165) is 47.4 Å². The van der Waals surface area contributed by atoms with Gasteiger partial charge in [-0.1, -0.05) is 47.5 Å². The molecule has 2 aliphatic rings. The minimum atomic E-state index is 0.359. The van der Waals surface area contributed by atoms with Gasteiger partial charge in [0.2, 0.25) is 0 Å². The molecule has 27 heavy (non-hydrogen) atoms. The first-order valence-corrected chi connectivity index (χ1v) is 11.0. The first kappa shape index (κ1) is 19.3. The molecular weight excluding hydrogens is 399 g/mol. The Bertz CT molecular complexity index is 837. The molecule has 1 spiro atoms. The lowest BCUT2D eigenvalue weighted by Gasteiger charge is -2.42. The highest BCUT2D eigenvalue weighted by Gasteiger charge is 2.43. The normalized spacial score (nSPS) is 21.8. The zero-order chi connectivity index (χ0) is 19.0. The molecule has 4 rings (SSSR count). The summed E-state index contributed by atoms with van der Waals surface area (Å²) in [6, 6.07) is 6.00. The number of aryl methyl sites for hydroxylation is 1. The molecule has 1 saturated carbocycles. The van der Waals surface area contributed by atoms with Gasteiger partial charge < -0.3 is 10.6 Å². The summed E-state index contributed by atoms with van der Waals surface area (Å²) in [5, 5.41) is 1.97. The SMILES string of the molecule is Cc1nc(N2CCC3(CCC[C@H]3N)CC2)cnc1Sc1cccc(Cl)c1Cl. The molecule has 1 aromatic heterocycles. The number of piperidine rings is 1. The Morgan fingerprint density at radius 1 is 1.22 bits per heavy atom. The van der Waals surface area contributed by atoms with Gasteiger partial charge in [0.05, 0.1) is 21.9 Å². The second-order valence-electron chi connectivity index (χ2n) is 7.62. The van der Waals surface area contributed by atoms with Gasteiger partial charge in [-0.25, -0.2) is 9.97 Å². The summed E-state index contributed by atoms with van der Waals surface area (Å²) in [7, 11) is 0. The van der Waals surface area contributed by atoms with E-state index in [0.29, 0.717) is 21.5 Å². The molecule has 1 saturated heterocycles. The summed E-state index contributed by atoms with van der Waals surface area (Å²) in [6.07, 6.45) is 7.92. The van der Waals surface area contributed by atoms with E-state index in [2.05, 4.69) is 9.88 Å². The number of anilines is 1. The van der Waals surface area contributed by atoms with Gasteiger partial charge in [0, 0.05) is 24.0 Å². The van der Waals surface area contributed by atoms with Crippen LogP contribution in [0, 0.1) is 12.3 Å². The van der Waals surface area contributed by atoms with Crippen LogP contribution in [0.25, 0.3) is 0 Å². The lowest BCUT2D eigenvalue weighted by Crippen LogP contribution is -2.47. The third kappa shape index (κ3) is 3.80. The average molecular weight is 423 g/mol. The van der Waals surface area contributed by atoms with E-state index < -0.39 is 0 Å². The molecule has 2 N–H and O–H groups in total. The minimum Gasteiger partial charge on any atom is -0.355 e. The van der Waals surface area contributed by atoms with E-state index in [1.807, 2.05) is 25.3 Å². The van der Waals surface area contributed by atoms with Crippen LogP contribution in [0.1, 0.15) is 37.8 Å². The van der Waals surface area contributed by atoms with Gasteiger partial charge in [0.25, 0.3) is 0 Å². The fourth-order valence-electron chi connectivity index (χ4n) is 4.35. The predicted molar refractivity (Wildman–Crippen MR) is 113 cm³/mol. The number of halogens is 2. The summed E-state index contributed by atoms with van der Waals surface area (Å²) in [5.74, 6) is 0.954. The topological polar surface area (TPSA) is 55.0 Å². The summed E-state index contributed by atoms with van der Waals surface area (Å²) < 4.78 is 0. The Kier molecular flexibility index (Phi) is 5.57. The number of nitrogens with two attached hydrogens (primary N) is 1. The summed E-state index contributed by atoms with van der Waals surface area (Å²) in [6.45, 7) is 4.01. The third-order valence-corrected chi connectivity index (χ3v) is 8.16. The number of aromatic nitrogens is 2. The van der Waals surface area contributed by atoms with Crippen LogP contribution in [0.4, 0.5) is 5.82 Å². The predicted octanol–water partition coefficient (Wildman–Crippen LogP) is 5.34. The quantitative estimate of drug-likeness (QED) is 0.722. The van der Waals surface area contributed by atoms with Gasteiger partial charge in [-0.2, -0.15) is 0 Å². The maximum Gasteiger partial charge on any atom is 0.147 e. The monoisotopic (exact) mass is 422 g/mol. The van der Waals surface area contributed by atoms with Crippen molar-refractivity contribution in [3.8, 4) is 0 Å². The van der Waals surface area contributed by atoms with Crippen LogP contribution in [0.3, 0.4) is 0 Å². The van der Waals surface area contributed by atoms with Crippen molar-refractivity contribution in [2.24, 2.45) is 11.1 Å². The van der Waals surface area contributed by atoms with Gasteiger partial charge in [-0.05, 0) is 50.2 Å². The van der Waals surface area contributed by atoms with Crippen LogP contribution >= 0.6 is 35.0 Å². The largest absolute Gasteiger partial charge is 0.355 e. The first-order valence-electron chi connectivity index (χ1n) is 9.44. The molecule has 1 aromatic carbocycles. The van der Waals surface area contributed by atoms with Gasteiger partial charge in [-0.3, -0.25) is 0 Å². The molecule has 0 unspecified atom stereocenters. The number of benzene rings is 1. The zero-order valence-electron chi connectivity index (χ0n) is 15.4. The minimum absolute atomic E-state index is 0.359. The molecular formula is C20H24Cl2N4S. The molecule has 144 valence electrons. The molecule has 2 heterocycles. The van der Waals surface area contributed by atoms with Crippen LogP contribution in [0.5, 0.6) is 0 Å². The van der Waals surface area contributed by atoms with Crippen LogP contribution in [-0.4, -0.2) is 29.1 Å².